The summed E-state index contributed by atoms with van der Waals surface area (Å²) in [5, 5.41) is 9.81. The number of hydrogen-bond acceptors (Lipinski definition) is 2. The minimum absolute atomic E-state index is 0.377. The number of anilines is 1. The van der Waals surface area contributed by atoms with E-state index in [2.05, 4.69) is 12.1 Å². The lowest BCUT2D eigenvalue weighted by molar-refractivity contribution is 0.467. The summed E-state index contributed by atoms with van der Waals surface area (Å²) in [7, 11) is 0. The van der Waals surface area contributed by atoms with E-state index in [-0.39, 0.29) is 0 Å². The summed E-state index contributed by atoms with van der Waals surface area (Å²) >= 11 is 0. The number of benzene rings is 2. The zero-order valence-electron chi connectivity index (χ0n) is 11.3. The van der Waals surface area contributed by atoms with Gasteiger partial charge in [-0.25, -0.2) is 0 Å². The van der Waals surface area contributed by atoms with E-state index in [0.717, 1.165) is 39.1 Å². The van der Waals surface area contributed by atoms with E-state index < -0.39 is 0 Å². The van der Waals surface area contributed by atoms with E-state index in [1.807, 2.05) is 39.8 Å². The molecule has 0 aliphatic heterocycles. The third-order valence-corrected chi connectivity index (χ3v) is 3.42. The van der Waals surface area contributed by atoms with Gasteiger partial charge in [0.2, 0.25) is 0 Å². The van der Waals surface area contributed by atoms with Crippen molar-refractivity contribution >= 4 is 5.69 Å². The van der Waals surface area contributed by atoms with Crippen molar-refractivity contribution in [3.8, 4) is 16.9 Å². The first kappa shape index (κ1) is 12.5. The van der Waals surface area contributed by atoms with Crippen LogP contribution in [0.3, 0.4) is 0 Å². The van der Waals surface area contributed by atoms with Crippen molar-refractivity contribution in [1.29, 1.82) is 0 Å². The molecular formula is C16H19NO. The van der Waals surface area contributed by atoms with Gasteiger partial charge in [0, 0.05) is 5.69 Å². The van der Waals surface area contributed by atoms with Crippen molar-refractivity contribution in [3.63, 3.8) is 0 Å². The van der Waals surface area contributed by atoms with Gasteiger partial charge in [0.15, 0.2) is 0 Å². The Balaban J connectivity index is 2.63. The van der Waals surface area contributed by atoms with Crippen LogP contribution >= 0.6 is 0 Å². The summed E-state index contributed by atoms with van der Waals surface area (Å²) in [6, 6.07) is 8.20. The van der Waals surface area contributed by atoms with Crippen LogP contribution in [-0.2, 0) is 0 Å². The van der Waals surface area contributed by atoms with Crippen LogP contribution in [0.15, 0.2) is 24.3 Å². The number of phenolic OH excluding ortho intramolecular Hbond substituents is 1. The summed E-state index contributed by atoms with van der Waals surface area (Å²) in [6.45, 7) is 7.88. The minimum atomic E-state index is 0.377. The molecule has 2 rings (SSSR count). The van der Waals surface area contributed by atoms with Gasteiger partial charge >= 0.3 is 0 Å². The molecule has 0 unspecified atom stereocenters. The summed E-state index contributed by atoms with van der Waals surface area (Å²) < 4.78 is 0. The monoisotopic (exact) mass is 241 g/mol. The van der Waals surface area contributed by atoms with Crippen LogP contribution < -0.4 is 5.73 Å². The number of rotatable bonds is 1. The first-order valence-corrected chi connectivity index (χ1v) is 6.07. The lowest BCUT2D eigenvalue weighted by atomic mass is 9.96. The highest BCUT2D eigenvalue weighted by atomic mass is 16.3. The predicted molar refractivity (Wildman–Crippen MR) is 76.9 cm³/mol. The Hall–Kier alpha value is -1.96. The van der Waals surface area contributed by atoms with E-state index in [4.69, 9.17) is 5.73 Å². The third-order valence-electron chi connectivity index (χ3n) is 3.42. The molecule has 0 bridgehead atoms. The zero-order chi connectivity index (χ0) is 13.4. The summed E-state index contributed by atoms with van der Waals surface area (Å²) in [4.78, 5) is 0. The standard InChI is InChI=1S/C16H19NO/c1-9-5-13(6-10(2)15(9)17)14-7-11(3)16(18)12(4)8-14/h5-8,18H,17H2,1-4H3. The molecule has 18 heavy (non-hydrogen) atoms. The van der Waals surface area contributed by atoms with Crippen molar-refractivity contribution in [1.82, 2.24) is 0 Å². The van der Waals surface area contributed by atoms with Crippen molar-refractivity contribution in [2.45, 2.75) is 27.7 Å². The van der Waals surface area contributed by atoms with Crippen LogP contribution in [0.5, 0.6) is 5.75 Å². The van der Waals surface area contributed by atoms with Crippen molar-refractivity contribution in [2.24, 2.45) is 0 Å². The fraction of sp³-hybridized carbons (Fsp3) is 0.250. The number of phenols is 1. The lowest BCUT2D eigenvalue weighted by Gasteiger charge is -2.12. The van der Waals surface area contributed by atoms with E-state index >= 15 is 0 Å². The summed E-state index contributed by atoms with van der Waals surface area (Å²) in [5.74, 6) is 0.377. The maximum Gasteiger partial charge on any atom is 0.121 e. The Kier molecular flexibility index (Phi) is 3.04. The van der Waals surface area contributed by atoms with Crippen LogP contribution in [0.4, 0.5) is 5.69 Å². The molecule has 2 nitrogen and oxygen atoms in total. The molecule has 0 saturated carbocycles. The van der Waals surface area contributed by atoms with Gasteiger partial charge in [-0.15, -0.1) is 0 Å². The highest BCUT2D eigenvalue weighted by Crippen LogP contribution is 2.31. The van der Waals surface area contributed by atoms with Gasteiger partial charge in [-0.1, -0.05) is 0 Å². The van der Waals surface area contributed by atoms with Gasteiger partial charge < -0.3 is 10.8 Å². The molecule has 0 spiro atoms. The minimum Gasteiger partial charge on any atom is -0.507 e. The molecule has 2 aromatic carbocycles. The summed E-state index contributed by atoms with van der Waals surface area (Å²) in [5.41, 5.74) is 13.1. The van der Waals surface area contributed by atoms with E-state index in [1.165, 1.54) is 0 Å². The van der Waals surface area contributed by atoms with Gasteiger partial charge in [-0.05, 0) is 85.3 Å². The number of nitrogens with two attached hydrogens (primary N) is 1. The third kappa shape index (κ3) is 2.06. The average Bonchev–Trinajstić information content (AvgIpc) is 2.31. The molecule has 0 aliphatic carbocycles. The number of aryl methyl sites for hydroxylation is 4. The molecule has 3 N–H and O–H groups in total. The maximum absolute atomic E-state index is 9.81. The molecule has 94 valence electrons. The van der Waals surface area contributed by atoms with E-state index in [9.17, 15) is 5.11 Å². The fourth-order valence-electron chi connectivity index (χ4n) is 2.26. The molecular weight excluding hydrogens is 222 g/mol. The van der Waals surface area contributed by atoms with Crippen LogP contribution in [0.25, 0.3) is 11.1 Å². The SMILES string of the molecule is Cc1cc(-c2cc(C)c(O)c(C)c2)cc(C)c1N. The summed E-state index contributed by atoms with van der Waals surface area (Å²) in [6.07, 6.45) is 0. The highest BCUT2D eigenvalue weighted by Gasteiger charge is 2.07. The second-order valence-electron chi connectivity index (χ2n) is 4.98. The molecule has 0 radical (unpaired) electrons. The number of hydrogen-bond donors (Lipinski definition) is 2. The molecule has 2 aromatic rings. The molecule has 0 fully saturated rings. The number of aromatic hydroxyl groups is 1. The molecule has 2 heteroatoms. The maximum atomic E-state index is 9.81. The average molecular weight is 241 g/mol. The molecule has 0 heterocycles. The van der Waals surface area contributed by atoms with Crippen LogP contribution in [0.2, 0.25) is 0 Å². The van der Waals surface area contributed by atoms with E-state index in [1.54, 1.807) is 0 Å². The van der Waals surface area contributed by atoms with Gasteiger partial charge in [-0.3, -0.25) is 0 Å². The smallest absolute Gasteiger partial charge is 0.121 e. The Labute approximate surface area is 108 Å². The first-order valence-electron chi connectivity index (χ1n) is 6.07. The second-order valence-corrected chi connectivity index (χ2v) is 4.98. The van der Waals surface area contributed by atoms with Crippen molar-refractivity contribution in [2.75, 3.05) is 5.73 Å². The lowest BCUT2D eigenvalue weighted by Crippen LogP contribution is -1.94. The molecule has 0 amide bonds. The zero-order valence-corrected chi connectivity index (χ0v) is 11.3. The van der Waals surface area contributed by atoms with Crippen molar-refractivity contribution < 1.29 is 5.11 Å². The predicted octanol–water partition coefficient (Wildman–Crippen LogP) is 3.88. The molecule has 0 aromatic heterocycles. The quantitative estimate of drug-likeness (QED) is 0.744. The Bertz CT molecular complexity index is 513. The van der Waals surface area contributed by atoms with Crippen LogP contribution in [-0.4, -0.2) is 5.11 Å². The van der Waals surface area contributed by atoms with Gasteiger partial charge in [0.25, 0.3) is 0 Å². The highest BCUT2D eigenvalue weighted by molar-refractivity contribution is 5.72. The van der Waals surface area contributed by atoms with Gasteiger partial charge in [-0.2, -0.15) is 0 Å². The normalized spacial score (nSPS) is 10.7. The van der Waals surface area contributed by atoms with Crippen LogP contribution in [0.1, 0.15) is 22.3 Å². The Morgan fingerprint density at radius 2 is 1.06 bits per heavy atom. The first-order chi connectivity index (χ1) is 8.40. The Morgan fingerprint density at radius 1 is 0.722 bits per heavy atom. The van der Waals surface area contributed by atoms with Crippen molar-refractivity contribution in [3.05, 3.63) is 46.5 Å². The largest absolute Gasteiger partial charge is 0.507 e. The molecule has 0 atom stereocenters. The topological polar surface area (TPSA) is 46.2 Å². The van der Waals surface area contributed by atoms with Gasteiger partial charge in [0.1, 0.15) is 5.75 Å². The number of nitrogen functional groups attached to an aromatic ring is 1. The van der Waals surface area contributed by atoms with E-state index in [0.29, 0.717) is 5.75 Å². The fourth-order valence-corrected chi connectivity index (χ4v) is 2.26. The second kappa shape index (κ2) is 4.37. The Morgan fingerprint density at radius 3 is 1.44 bits per heavy atom. The molecule has 0 aliphatic rings. The van der Waals surface area contributed by atoms with Gasteiger partial charge in [0.05, 0.1) is 0 Å². The molecule has 0 saturated heterocycles. The van der Waals surface area contributed by atoms with Crippen LogP contribution in [0, 0.1) is 27.7 Å².